The van der Waals surface area contributed by atoms with E-state index in [2.05, 4.69) is 26.8 Å². The van der Waals surface area contributed by atoms with E-state index in [0.29, 0.717) is 22.6 Å². The van der Waals surface area contributed by atoms with Crippen LogP contribution in [0.1, 0.15) is 74.5 Å². The smallest absolute Gasteiger partial charge is 0.216 e. The second-order valence-electron chi connectivity index (χ2n) is 12.0. The number of aromatic nitrogens is 1. The molecule has 2 heterocycles. The molecule has 2 aromatic heterocycles. The van der Waals surface area contributed by atoms with E-state index >= 15 is 0 Å². The number of hydrogen-bond donors (Lipinski definition) is 0. The van der Waals surface area contributed by atoms with Crippen molar-refractivity contribution in [3.05, 3.63) is 89.6 Å². The summed E-state index contributed by atoms with van der Waals surface area (Å²) in [5.41, 5.74) is 6.43. The summed E-state index contributed by atoms with van der Waals surface area (Å²) in [4.78, 5) is 0. The maximum atomic E-state index is 10.1. The SMILES string of the molecule is [2H]C([2H])([2H])c1cc[n+](C)c(-c2cccc3c2oc2c(-c4ccc(C5([2H])CCC(C(C)(C)C)CC5)cc4)c(C#N)ccc23)c1. The molecule has 0 atom stereocenters. The van der Waals surface area contributed by atoms with Crippen molar-refractivity contribution in [2.45, 2.75) is 59.2 Å². The minimum absolute atomic E-state index is 0.264. The van der Waals surface area contributed by atoms with E-state index in [4.69, 9.17) is 8.53 Å². The van der Waals surface area contributed by atoms with Gasteiger partial charge in [-0.2, -0.15) is 5.26 Å². The summed E-state index contributed by atoms with van der Waals surface area (Å²) in [6.45, 7) is 4.67. The topological polar surface area (TPSA) is 40.8 Å². The number of nitrogens with zero attached hydrogens (tertiary/aromatic N) is 2. The molecule has 0 bridgehead atoms. The second-order valence-corrected chi connectivity index (χ2v) is 12.0. The monoisotopic (exact) mass is 517 g/mol. The van der Waals surface area contributed by atoms with Gasteiger partial charge >= 0.3 is 0 Å². The Bertz CT molecular complexity index is 1880. The molecule has 3 aromatic carbocycles. The fourth-order valence-corrected chi connectivity index (χ4v) is 6.27. The molecule has 196 valence electrons. The number of fused-ring (bicyclic) bond motifs is 3. The highest BCUT2D eigenvalue weighted by Gasteiger charge is 2.30. The van der Waals surface area contributed by atoms with Crippen LogP contribution in [0, 0.1) is 29.5 Å². The molecular formula is C36H37N2O+. The fourth-order valence-electron chi connectivity index (χ4n) is 6.27. The number of aryl methyl sites for hydroxylation is 2. The first-order valence-corrected chi connectivity index (χ1v) is 13.8. The fraction of sp³-hybridized carbons (Fsp3) is 0.333. The highest BCUT2D eigenvalue weighted by molar-refractivity contribution is 6.13. The Balaban J connectivity index is 1.45. The standard InChI is InChI=1S/C36H37N2O/c1-23-19-20-38(5)32(21-23)31-8-6-7-29-30-18-15-27(22-37)33(35(30)39-34(29)31)26-11-9-24(10-12-26)25-13-16-28(17-14-25)36(2,3)4/h6-12,15,18-21,25,28H,13-14,16-17H2,1-5H3/q+1/i1D3,25D. The largest absolute Gasteiger partial charge is 0.454 e. The number of para-hydroxylation sites is 1. The number of rotatable bonds is 3. The third kappa shape index (κ3) is 4.53. The van der Waals surface area contributed by atoms with Gasteiger partial charge in [0.25, 0.3) is 0 Å². The Kier molecular flexibility index (Phi) is 5.21. The third-order valence-corrected chi connectivity index (χ3v) is 8.61. The van der Waals surface area contributed by atoms with E-state index < -0.39 is 12.7 Å². The molecule has 1 fully saturated rings. The summed E-state index contributed by atoms with van der Waals surface area (Å²) < 4.78 is 41.5. The first-order chi connectivity index (χ1) is 20.3. The molecule has 0 amide bonds. The van der Waals surface area contributed by atoms with Crippen LogP contribution < -0.4 is 4.57 Å². The maximum Gasteiger partial charge on any atom is 0.216 e. The first-order valence-electron chi connectivity index (χ1n) is 15.8. The van der Waals surface area contributed by atoms with E-state index in [9.17, 15) is 6.63 Å². The highest BCUT2D eigenvalue weighted by Crippen LogP contribution is 2.44. The Morgan fingerprint density at radius 2 is 1.69 bits per heavy atom. The lowest BCUT2D eigenvalue weighted by Crippen LogP contribution is -2.30. The summed E-state index contributed by atoms with van der Waals surface area (Å²) in [5, 5.41) is 11.9. The zero-order valence-electron chi connectivity index (χ0n) is 27.1. The number of nitriles is 1. The van der Waals surface area contributed by atoms with Gasteiger partial charge in [0.2, 0.25) is 5.69 Å². The highest BCUT2D eigenvalue weighted by atomic mass is 16.3. The predicted octanol–water partition coefficient (Wildman–Crippen LogP) is 9.24. The van der Waals surface area contributed by atoms with Crippen LogP contribution in [0.2, 0.25) is 0 Å². The Morgan fingerprint density at radius 1 is 0.949 bits per heavy atom. The van der Waals surface area contributed by atoms with Crippen LogP contribution in [0.15, 0.2) is 77.3 Å². The zero-order chi connectivity index (χ0) is 30.7. The Labute approximate surface area is 237 Å². The number of hydrogen-bond acceptors (Lipinski definition) is 2. The van der Waals surface area contributed by atoms with Crippen molar-refractivity contribution in [1.29, 1.82) is 5.26 Å². The van der Waals surface area contributed by atoms with Gasteiger partial charge in [-0.15, -0.1) is 0 Å². The van der Waals surface area contributed by atoms with Crippen molar-refractivity contribution in [1.82, 2.24) is 0 Å². The van der Waals surface area contributed by atoms with Gasteiger partial charge in [-0.25, -0.2) is 4.57 Å². The van der Waals surface area contributed by atoms with E-state index in [-0.39, 0.29) is 11.0 Å². The van der Waals surface area contributed by atoms with Crippen LogP contribution in [-0.2, 0) is 7.05 Å². The van der Waals surface area contributed by atoms with Gasteiger partial charge in [-0.1, -0.05) is 57.2 Å². The number of furan rings is 1. The first kappa shape index (κ1) is 21.0. The predicted molar refractivity (Wildman–Crippen MR) is 159 cm³/mol. The van der Waals surface area contributed by atoms with Crippen molar-refractivity contribution >= 4 is 21.9 Å². The molecule has 1 aliphatic rings. The molecule has 1 saturated carbocycles. The molecule has 0 N–H and O–H groups in total. The Hall–Kier alpha value is -3.90. The molecule has 5 aromatic rings. The van der Waals surface area contributed by atoms with E-state index in [0.717, 1.165) is 64.4 Å². The van der Waals surface area contributed by atoms with Gasteiger partial charge in [0.15, 0.2) is 6.20 Å². The normalized spacial score (nSPS) is 21.7. The lowest BCUT2D eigenvalue weighted by Gasteiger charge is -2.37. The minimum atomic E-state index is -2.23. The van der Waals surface area contributed by atoms with Crippen molar-refractivity contribution < 1.29 is 14.5 Å². The van der Waals surface area contributed by atoms with Gasteiger partial charge in [0.05, 0.1) is 17.2 Å². The van der Waals surface area contributed by atoms with E-state index in [1.165, 1.54) is 0 Å². The van der Waals surface area contributed by atoms with Crippen molar-refractivity contribution in [2.24, 2.45) is 18.4 Å². The summed E-state index contributed by atoms with van der Waals surface area (Å²) in [6.07, 6.45) is 5.57. The quantitative estimate of drug-likeness (QED) is 0.224. The average Bonchev–Trinajstić information content (AvgIpc) is 3.35. The molecule has 0 saturated heterocycles. The molecule has 6 rings (SSSR count). The van der Waals surface area contributed by atoms with Gasteiger partial charge < -0.3 is 4.42 Å². The molecule has 1 aliphatic carbocycles. The maximum absolute atomic E-state index is 10.1. The van der Waals surface area contributed by atoms with E-state index in [1.807, 2.05) is 66.2 Å². The molecule has 3 nitrogen and oxygen atoms in total. The summed E-state index contributed by atoms with van der Waals surface area (Å²) in [5.74, 6) is 0.0364. The molecule has 0 unspecified atom stereocenters. The van der Waals surface area contributed by atoms with Gasteiger partial charge in [-0.05, 0) is 84.7 Å². The van der Waals surface area contributed by atoms with Crippen molar-refractivity contribution in [2.75, 3.05) is 0 Å². The zero-order valence-corrected chi connectivity index (χ0v) is 23.1. The molecule has 0 spiro atoms. The Morgan fingerprint density at radius 3 is 2.38 bits per heavy atom. The lowest BCUT2D eigenvalue weighted by atomic mass is 9.68. The number of benzene rings is 3. The van der Waals surface area contributed by atoms with Crippen molar-refractivity contribution in [3.63, 3.8) is 0 Å². The molecule has 0 radical (unpaired) electrons. The molecular weight excluding hydrogens is 476 g/mol. The van der Waals surface area contributed by atoms with Crippen LogP contribution in [0.3, 0.4) is 0 Å². The minimum Gasteiger partial charge on any atom is -0.454 e. The number of pyridine rings is 1. The van der Waals surface area contributed by atoms with Gasteiger partial charge in [0.1, 0.15) is 18.2 Å². The summed E-state index contributed by atoms with van der Waals surface area (Å²) in [7, 11) is 1.88. The second kappa shape index (κ2) is 9.69. The van der Waals surface area contributed by atoms with Crippen molar-refractivity contribution in [3.8, 4) is 28.5 Å². The van der Waals surface area contributed by atoms with Crippen LogP contribution in [0.5, 0.6) is 0 Å². The van der Waals surface area contributed by atoms with Crippen LogP contribution in [0.4, 0.5) is 0 Å². The van der Waals surface area contributed by atoms with Crippen LogP contribution in [0.25, 0.3) is 44.3 Å². The van der Waals surface area contributed by atoms with Gasteiger partial charge in [-0.3, -0.25) is 0 Å². The lowest BCUT2D eigenvalue weighted by molar-refractivity contribution is -0.660. The molecule has 0 aliphatic heterocycles. The van der Waals surface area contributed by atoms with Crippen LogP contribution >= 0.6 is 0 Å². The summed E-state index contributed by atoms with van der Waals surface area (Å²) >= 11 is 0. The molecule has 3 heteroatoms. The van der Waals surface area contributed by atoms with E-state index in [1.54, 1.807) is 18.3 Å². The van der Waals surface area contributed by atoms with Gasteiger partial charge in [0, 0.05) is 34.0 Å². The summed E-state index contributed by atoms with van der Waals surface area (Å²) in [6, 6.07) is 23.4. The van der Waals surface area contributed by atoms with Crippen LogP contribution in [-0.4, -0.2) is 0 Å². The average molecular weight is 518 g/mol. The molecule has 39 heavy (non-hydrogen) atoms. The third-order valence-electron chi connectivity index (χ3n) is 8.61.